The number of H-pyrrole nitrogens is 1. The van der Waals surface area contributed by atoms with Crippen LogP contribution in [0.2, 0.25) is 0 Å². The first-order valence-corrected chi connectivity index (χ1v) is 10.6. The van der Waals surface area contributed by atoms with Crippen molar-refractivity contribution in [2.75, 3.05) is 46.0 Å². The smallest absolute Gasteiger partial charge is 0.271 e. The van der Waals surface area contributed by atoms with Crippen LogP contribution in [0.4, 0.5) is 4.39 Å². The summed E-state index contributed by atoms with van der Waals surface area (Å²) < 4.78 is 24.6. The molecule has 2 aliphatic heterocycles. The highest BCUT2D eigenvalue weighted by Crippen LogP contribution is 2.36. The number of amides is 2. The summed E-state index contributed by atoms with van der Waals surface area (Å²) in [5.41, 5.74) is -0.104. The van der Waals surface area contributed by atoms with Crippen molar-refractivity contribution in [3.05, 3.63) is 48.0 Å². The quantitative estimate of drug-likeness (QED) is 0.758. The molecule has 31 heavy (non-hydrogen) atoms. The number of aromatic nitrogens is 2. The van der Waals surface area contributed by atoms with Gasteiger partial charge in [0.1, 0.15) is 17.3 Å². The summed E-state index contributed by atoms with van der Waals surface area (Å²) in [4.78, 5) is 29.6. The van der Waals surface area contributed by atoms with Gasteiger partial charge in [-0.25, -0.2) is 4.39 Å². The van der Waals surface area contributed by atoms with Crippen molar-refractivity contribution < 1.29 is 23.5 Å². The molecule has 2 aromatic rings. The van der Waals surface area contributed by atoms with Gasteiger partial charge >= 0.3 is 0 Å². The lowest BCUT2D eigenvalue weighted by Crippen LogP contribution is -2.52. The number of nitrogens with zero attached hydrogens (tertiary/aromatic N) is 3. The lowest BCUT2D eigenvalue weighted by atomic mass is 9.77. The molecule has 166 valence electrons. The van der Waals surface area contributed by atoms with E-state index in [1.165, 1.54) is 12.1 Å². The van der Waals surface area contributed by atoms with Gasteiger partial charge in [0, 0.05) is 44.2 Å². The van der Waals surface area contributed by atoms with Crippen LogP contribution in [0.5, 0.6) is 5.75 Å². The molecule has 2 fully saturated rings. The molecule has 2 saturated heterocycles. The van der Waals surface area contributed by atoms with E-state index in [-0.39, 0.29) is 30.7 Å². The van der Waals surface area contributed by atoms with E-state index in [4.69, 9.17) is 9.47 Å². The molecule has 0 bridgehead atoms. The number of likely N-dealkylation sites (tertiary alicyclic amines) is 1. The van der Waals surface area contributed by atoms with Crippen molar-refractivity contribution in [3.63, 3.8) is 0 Å². The largest absolute Gasteiger partial charge is 0.493 e. The molecule has 8 nitrogen and oxygen atoms in total. The molecule has 0 aliphatic carbocycles. The van der Waals surface area contributed by atoms with Crippen molar-refractivity contribution >= 4 is 11.8 Å². The Hall–Kier alpha value is -2.94. The van der Waals surface area contributed by atoms with Gasteiger partial charge in [-0.2, -0.15) is 5.10 Å². The summed E-state index contributed by atoms with van der Waals surface area (Å²) in [5, 5.41) is 6.59. The summed E-state index contributed by atoms with van der Waals surface area (Å²) >= 11 is 0. The predicted molar refractivity (Wildman–Crippen MR) is 110 cm³/mol. The highest BCUT2D eigenvalue weighted by molar-refractivity contribution is 5.92. The van der Waals surface area contributed by atoms with Gasteiger partial charge in [0.25, 0.3) is 5.91 Å². The van der Waals surface area contributed by atoms with Crippen LogP contribution in [0.25, 0.3) is 0 Å². The molecular formula is C22H27FN4O4. The molecule has 1 aromatic heterocycles. The van der Waals surface area contributed by atoms with Crippen molar-refractivity contribution in [3.8, 4) is 5.75 Å². The van der Waals surface area contributed by atoms with E-state index in [2.05, 4.69) is 10.2 Å². The number of rotatable bonds is 6. The van der Waals surface area contributed by atoms with Crippen LogP contribution in [0.15, 0.2) is 36.5 Å². The van der Waals surface area contributed by atoms with Crippen molar-refractivity contribution in [2.24, 2.45) is 5.41 Å². The molecule has 0 spiro atoms. The van der Waals surface area contributed by atoms with E-state index in [0.29, 0.717) is 50.8 Å². The van der Waals surface area contributed by atoms with Gasteiger partial charge in [-0.05, 0) is 43.2 Å². The Morgan fingerprint density at radius 1 is 1.13 bits per heavy atom. The molecule has 1 N–H and O–H groups in total. The minimum atomic E-state index is -0.530. The van der Waals surface area contributed by atoms with Gasteiger partial charge in [-0.15, -0.1) is 0 Å². The average Bonchev–Trinajstić information content (AvgIpc) is 3.34. The maximum absolute atomic E-state index is 13.2. The van der Waals surface area contributed by atoms with E-state index in [9.17, 15) is 14.0 Å². The van der Waals surface area contributed by atoms with Crippen LogP contribution in [0.3, 0.4) is 0 Å². The minimum absolute atomic E-state index is 0.0434. The summed E-state index contributed by atoms with van der Waals surface area (Å²) in [6.07, 6.45) is 3.35. The Morgan fingerprint density at radius 3 is 2.61 bits per heavy atom. The molecule has 2 aliphatic rings. The number of carbonyl (C=O) groups excluding carboxylic acids is 2. The van der Waals surface area contributed by atoms with E-state index in [1.807, 2.05) is 4.90 Å². The van der Waals surface area contributed by atoms with Crippen LogP contribution in [-0.2, 0) is 9.53 Å². The van der Waals surface area contributed by atoms with Crippen LogP contribution in [0.1, 0.15) is 29.8 Å². The SMILES string of the molecule is O=C(C[C@]1(COc2ccc(F)cc2)CCCN(C(=O)c2ccn[nH]2)C1)N1CCOCC1. The average molecular weight is 430 g/mol. The summed E-state index contributed by atoms with van der Waals surface area (Å²) in [7, 11) is 0. The minimum Gasteiger partial charge on any atom is -0.493 e. The van der Waals surface area contributed by atoms with Gasteiger partial charge in [0.05, 0.1) is 19.8 Å². The Morgan fingerprint density at radius 2 is 1.90 bits per heavy atom. The number of benzene rings is 1. The molecule has 4 rings (SSSR count). The van der Waals surface area contributed by atoms with Crippen LogP contribution < -0.4 is 4.74 Å². The number of ether oxygens (including phenoxy) is 2. The monoisotopic (exact) mass is 430 g/mol. The Kier molecular flexibility index (Phi) is 6.50. The highest BCUT2D eigenvalue weighted by Gasteiger charge is 2.41. The summed E-state index contributed by atoms with van der Waals surface area (Å²) in [6.45, 7) is 3.51. The fourth-order valence-corrected chi connectivity index (χ4v) is 4.25. The fourth-order valence-electron chi connectivity index (χ4n) is 4.25. The van der Waals surface area contributed by atoms with E-state index < -0.39 is 5.41 Å². The zero-order chi connectivity index (χ0) is 21.7. The Labute approximate surface area is 180 Å². The number of morpholine rings is 1. The zero-order valence-corrected chi connectivity index (χ0v) is 17.4. The Balaban J connectivity index is 1.51. The fraction of sp³-hybridized carbons (Fsp3) is 0.500. The molecule has 0 radical (unpaired) electrons. The number of aromatic amines is 1. The number of piperidine rings is 1. The topological polar surface area (TPSA) is 87.8 Å². The first-order valence-electron chi connectivity index (χ1n) is 10.6. The molecule has 0 unspecified atom stereocenters. The van der Waals surface area contributed by atoms with Gasteiger partial charge in [-0.3, -0.25) is 14.7 Å². The molecule has 3 heterocycles. The van der Waals surface area contributed by atoms with Gasteiger partial charge in [-0.1, -0.05) is 0 Å². The first kappa shape index (κ1) is 21.3. The highest BCUT2D eigenvalue weighted by atomic mass is 19.1. The molecule has 9 heteroatoms. The predicted octanol–water partition coefficient (Wildman–Crippen LogP) is 2.10. The lowest BCUT2D eigenvalue weighted by molar-refractivity contribution is -0.139. The maximum Gasteiger partial charge on any atom is 0.271 e. The molecule has 2 amide bonds. The van der Waals surface area contributed by atoms with Gasteiger partial charge in [0.15, 0.2) is 0 Å². The lowest BCUT2D eigenvalue weighted by Gasteiger charge is -2.43. The third kappa shape index (κ3) is 5.22. The van der Waals surface area contributed by atoms with Crippen LogP contribution in [-0.4, -0.2) is 77.8 Å². The third-order valence-electron chi connectivity index (χ3n) is 5.93. The maximum atomic E-state index is 13.2. The van der Waals surface area contributed by atoms with Crippen LogP contribution >= 0.6 is 0 Å². The van der Waals surface area contributed by atoms with Crippen molar-refractivity contribution in [2.45, 2.75) is 19.3 Å². The van der Waals surface area contributed by atoms with Crippen molar-refractivity contribution in [1.82, 2.24) is 20.0 Å². The van der Waals surface area contributed by atoms with E-state index in [1.54, 1.807) is 29.3 Å². The standard InChI is InChI=1S/C22H27FN4O4/c23-17-2-4-18(5-3-17)31-16-22(14-20(28)26-10-12-30-13-11-26)7-1-9-27(15-22)21(29)19-6-8-24-25-19/h2-6,8H,1,7,9-16H2,(H,24,25)/t22-/m1/s1. The third-order valence-corrected chi connectivity index (χ3v) is 5.93. The second kappa shape index (κ2) is 9.47. The number of carbonyl (C=O) groups is 2. The molecular weight excluding hydrogens is 403 g/mol. The zero-order valence-electron chi connectivity index (χ0n) is 17.4. The van der Waals surface area contributed by atoms with E-state index >= 15 is 0 Å². The molecule has 1 aromatic carbocycles. The van der Waals surface area contributed by atoms with Crippen LogP contribution in [0, 0.1) is 11.2 Å². The number of nitrogens with one attached hydrogen (secondary N) is 1. The van der Waals surface area contributed by atoms with Gasteiger partial charge in [0.2, 0.25) is 5.91 Å². The summed E-state index contributed by atoms with van der Waals surface area (Å²) in [6, 6.07) is 7.48. The Bertz CT molecular complexity index is 883. The molecule has 1 atom stereocenters. The van der Waals surface area contributed by atoms with E-state index in [0.717, 1.165) is 12.8 Å². The molecule has 0 saturated carbocycles. The summed E-state index contributed by atoms with van der Waals surface area (Å²) in [5.74, 6) is 0.110. The van der Waals surface area contributed by atoms with Crippen molar-refractivity contribution in [1.29, 1.82) is 0 Å². The number of halogens is 1. The number of hydrogen-bond acceptors (Lipinski definition) is 5. The second-order valence-corrected chi connectivity index (χ2v) is 8.21. The second-order valence-electron chi connectivity index (χ2n) is 8.21. The first-order chi connectivity index (χ1) is 15.0. The normalized spacial score (nSPS) is 21.7. The number of hydrogen-bond donors (Lipinski definition) is 1. The van der Waals surface area contributed by atoms with Gasteiger partial charge < -0.3 is 19.3 Å².